The first-order valence-electron chi connectivity index (χ1n) is 11.6. The van der Waals surface area contributed by atoms with E-state index in [1.54, 1.807) is 0 Å². The minimum atomic E-state index is -1.40. The first-order chi connectivity index (χ1) is 16.4. The minimum Gasteiger partial charge on any atom is -0.479 e. The molecular weight excluding hydrogens is 436 g/mol. The van der Waals surface area contributed by atoms with Crippen LogP contribution in [0.2, 0.25) is 0 Å². The van der Waals surface area contributed by atoms with E-state index in [0.717, 1.165) is 22.3 Å². The van der Waals surface area contributed by atoms with Gasteiger partial charge in [-0.3, -0.25) is 4.79 Å². The molecule has 2 amide bonds. The molecule has 1 aliphatic heterocycles. The Morgan fingerprint density at radius 2 is 1.65 bits per heavy atom. The highest BCUT2D eigenvalue weighted by Gasteiger charge is 2.60. The van der Waals surface area contributed by atoms with Gasteiger partial charge < -0.3 is 24.8 Å². The van der Waals surface area contributed by atoms with Crippen molar-refractivity contribution < 1.29 is 29.0 Å². The van der Waals surface area contributed by atoms with Crippen LogP contribution in [0.5, 0.6) is 0 Å². The zero-order valence-electron chi connectivity index (χ0n) is 19.1. The van der Waals surface area contributed by atoms with Gasteiger partial charge in [0.2, 0.25) is 5.91 Å². The van der Waals surface area contributed by atoms with Crippen LogP contribution in [0.3, 0.4) is 0 Å². The van der Waals surface area contributed by atoms with Crippen molar-refractivity contribution >= 4 is 18.0 Å². The number of rotatable bonds is 7. The van der Waals surface area contributed by atoms with E-state index in [-0.39, 0.29) is 25.0 Å². The molecule has 2 aromatic carbocycles. The number of fused-ring (bicyclic) bond motifs is 3. The highest BCUT2D eigenvalue weighted by atomic mass is 16.5. The standard InChI is InChI=1S/C26H28N2O6/c1-33-16-26(23(30)31)11-6-14-28(26)22(29)25(12-13-25)27-24(32)34-15-21-19-9-4-2-7-17(19)18-8-3-5-10-20(18)21/h2-5,7-10,21H,6,11-16H2,1H3,(H,27,32)(H,30,31). The molecular formula is C26H28N2O6. The number of benzene rings is 2. The van der Waals surface area contributed by atoms with E-state index in [0.29, 0.717) is 32.2 Å². The van der Waals surface area contributed by atoms with Gasteiger partial charge >= 0.3 is 12.1 Å². The molecule has 0 radical (unpaired) electrons. The number of nitrogens with one attached hydrogen (secondary N) is 1. The second-order valence-corrected chi connectivity index (χ2v) is 9.36. The maximum Gasteiger partial charge on any atom is 0.408 e. The van der Waals surface area contributed by atoms with E-state index in [2.05, 4.69) is 17.4 Å². The SMILES string of the molecule is COCC1(C(=O)O)CCCN1C(=O)C1(NC(=O)OCC2c3ccccc3-c3ccccc32)CC1. The van der Waals surface area contributed by atoms with Crippen molar-refractivity contribution in [3.05, 3.63) is 59.7 Å². The van der Waals surface area contributed by atoms with Crippen LogP contribution in [0.15, 0.2) is 48.5 Å². The number of nitrogens with zero attached hydrogens (tertiary/aromatic N) is 1. The Kier molecular flexibility index (Phi) is 5.56. The summed E-state index contributed by atoms with van der Waals surface area (Å²) in [5.74, 6) is -1.54. The van der Waals surface area contributed by atoms with Crippen LogP contribution < -0.4 is 5.32 Å². The van der Waals surface area contributed by atoms with Crippen LogP contribution >= 0.6 is 0 Å². The summed E-state index contributed by atoms with van der Waals surface area (Å²) in [5.41, 5.74) is 1.98. The van der Waals surface area contributed by atoms with Crippen LogP contribution in [-0.2, 0) is 19.1 Å². The number of aliphatic carboxylic acids is 1. The van der Waals surface area contributed by atoms with Crippen molar-refractivity contribution in [1.82, 2.24) is 10.2 Å². The molecule has 5 rings (SSSR count). The number of alkyl carbamates (subject to hydrolysis) is 1. The number of carboxylic acids is 1. The molecule has 2 N–H and O–H groups in total. The summed E-state index contributed by atoms with van der Waals surface area (Å²) in [6.45, 7) is 0.383. The zero-order valence-corrected chi connectivity index (χ0v) is 19.1. The Balaban J connectivity index is 1.28. The normalized spacial score (nSPS) is 22.1. The Labute approximate surface area is 197 Å². The predicted molar refractivity (Wildman–Crippen MR) is 123 cm³/mol. The van der Waals surface area contributed by atoms with E-state index in [1.807, 2.05) is 36.4 Å². The number of methoxy groups -OCH3 is 1. The monoisotopic (exact) mass is 464 g/mol. The van der Waals surface area contributed by atoms with Crippen molar-refractivity contribution in [3.8, 4) is 11.1 Å². The van der Waals surface area contributed by atoms with Gasteiger partial charge in [-0.1, -0.05) is 48.5 Å². The molecule has 0 spiro atoms. The highest BCUT2D eigenvalue weighted by Crippen LogP contribution is 2.45. The molecule has 8 nitrogen and oxygen atoms in total. The second-order valence-electron chi connectivity index (χ2n) is 9.36. The molecule has 1 atom stereocenters. The van der Waals surface area contributed by atoms with Gasteiger partial charge in [-0.2, -0.15) is 0 Å². The lowest BCUT2D eigenvalue weighted by molar-refractivity contribution is -0.161. The molecule has 2 aromatic rings. The number of ether oxygens (including phenoxy) is 2. The zero-order chi connectivity index (χ0) is 23.9. The molecule has 178 valence electrons. The maximum atomic E-state index is 13.4. The predicted octanol–water partition coefficient (Wildman–Crippen LogP) is 3.15. The lowest BCUT2D eigenvalue weighted by atomic mass is 9.96. The molecule has 2 fully saturated rings. The number of carboxylic acid groups (broad SMARTS) is 1. The van der Waals surface area contributed by atoms with Crippen LogP contribution in [0, 0.1) is 0 Å². The third kappa shape index (κ3) is 3.53. The van der Waals surface area contributed by atoms with E-state index in [4.69, 9.17) is 9.47 Å². The van der Waals surface area contributed by atoms with E-state index in [1.165, 1.54) is 12.0 Å². The Bertz CT molecular complexity index is 1100. The van der Waals surface area contributed by atoms with Crippen molar-refractivity contribution in [1.29, 1.82) is 0 Å². The fourth-order valence-electron chi connectivity index (χ4n) is 5.45. The van der Waals surface area contributed by atoms with Gasteiger partial charge in [0.05, 0.1) is 6.61 Å². The lowest BCUT2D eigenvalue weighted by Crippen LogP contribution is -2.61. The number of hydrogen-bond donors (Lipinski definition) is 2. The lowest BCUT2D eigenvalue weighted by Gasteiger charge is -2.36. The molecule has 1 heterocycles. The molecule has 3 aliphatic rings. The van der Waals surface area contributed by atoms with Gasteiger partial charge in [0.15, 0.2) is 5.54 Å². The molecule has 1 unspecified atom stereocenters. The quantitative estimate of drug-likeness (QED) is 0.652. The van der Waals surface area contributed by atoms with Gasteiger partial charge in [0.1, 0.15) is 12.1 Å². The summed E-state index contributed by atoms with van der Waals surface area (Å²) in [5, 5.41) is 12.6. The molecule has 34 heavy (non-hydrogen) atoms. The van der Waals surface area contributed by atoms with Crippen molar-refractivity contribution in [2.75, 3.05) is 26.9 Å². The summed E-state index contributed by atoms with van der Waals surface area (Å²) < 4.78 is 10.8. The fraction of sp³-hybridized carbons (Fsp3) is 0.423. The number of likely N-dealkylation sites (tertiary alicyclic amines) is 1. The Morgan fingerprint density at radius 1 is 1.03 bits per heavy atom. The average molecular weight is 465 g/mol. The van der Waals surface area contributed by atoms with Crippen molar-refractivity contribution in [2.45, 2.75) is 42.7 Å². The van der Waals surface area contributed by atoms with Crippen LogP contribution in [0.4, 0.5) is 4.79 Å². The molecule has 0 bridgehead atoms. The number of hydrogen-bond acceptors (Lipinski definition) is 5. The smallest absolute Gasteiger partial charge is 0.408 e. The number of carbonyl (C=O) groups is 3. The van der Waals surface area contributed by atoms with Gasteiger partial charge in [-0.05, 0) is 47.9 Å². The van der Waals surface area contributed by atoms with Gasteiger partial charge in [0, 0.05) is 19.6 Å². The summed E-state index contributed by atoms with van der Waals surface area (Å²) in [6.07, 6.45) is 1.13. The Morgan fingerprint density at radius 3 is 2.21 bits per heavy atom. The molecule has 1 saturated heterocycles. The summed E-state index contributed by atoms with van der Waals surface area (Å²) >= 11 is 0. The topological polar surface area (TPSA) is 105 Å². The van der Waals surface area contributed by atoms with Crippen LogP contribution in [0.25, 0.3) is 11.1 Å². The summed E-state index contributed by atoms with van der Waals surface area (Å²) in [7, 11) is 1.42. The highest BCUT2D eigenvalue weighted by molar-refractivity contribution is 5.97. The molecule has 2 aliphatic carbocycles. The largest absolute Gasteiger partial charge is 0.479 e. The summed E-state index contributed by atoms with van der Waals surface area (Å²) in [6, 6.07) is 16.2. The van der Waals surface area contributed by atoms with Gasteiger partial charge in [-0.25, -0.2) is 9.59 Å². The van der Waals surface area contributed by atoms with Gasteiger partial charge in [-0.15, -0.1) is 0 Å². The first kappa shape index (κ1) is 22.4. The Hall–Kier alpha value is -3.39. The van der Waals surface area contributed by atoms with Crippen LogP contribution in [0.1, 0.15) is 42.7 Å². The second kappa shape index (κ2) is 8.43. The first-order valence-corrected chi connectivity index (χ1v) is 11.6. The number of amides is 2. The van der Waals surface area contributed by atoms with E-state index >= 15 is 0 Å². The minimum absolute atomic E-state index is 0.0797. The number of carbonyl (C=O) groups excluding carboxylic acids is 2. The van der Waals surface area contributed by atoms with E-state index in [9.17, 15) is 19.5 Å². The molecule has 0 aromatic heterocycles. The third-order valence-electron chi connectivity index (χ3n) is 7.36. The fourth-order valence-corrected chi connectivity index (χ4v) is 5.45. The third-order valence-corrected chi connectivity index (χ3v) is 7.36. The molecule has 1 saturated carbocycles. The van der Waals surface area contributed by atoms with Crippen LogP contribution in [-0.4, -0.2) is 65.9 Å². The van der Waals surface area contributed by atoms with Gasteiger partial charge in [0.25, 0.3) is 0 Å². The maximum absolute atomic E-state index is 13.4. The summed E-state index contributed by atoms with van der Waals surface area (Å²) in [4.78, 5) is 39.6. The van der Waals surface area contributed by atoms with Crippen molar-refractivity contribution in [3.63, 3.8) is 0 Å². The molecule has 8 heteroatoms. The van der Waals surface area contributed by atoms with Crippen molar-refractivity contribution in [2.24, 2.45) is 0 Å². The average Bonchev–Trinajstić information content (AvgIpc) is 3.37. The van der Waals surface area contributed by atoms with E-state index < -0.39 is 23.1 Å².